The Morgan fingerprint density at radius 3 is 2.76 bits per heavy atom. The van der Waals surface area contributed by atoms with Crippen LogP contribution in [0.2, 0.25) is 0 Å². The average Bonchev–Trinajstić information content (AvgIpc) is 2.99. The molecule has 1 aliphatic heterocycles. The second-order valence-corrected chi connectivity index (χ2v) is 6.75. The lowest BCUT2D eigenvalue weighted by Gasteiger charge is -2.23. The fourth-order valence-electron chi connectivity index (χ4n) is 2.19. The van der Waals surface area contributed by atoms with E-state index in [1.165, 1.54) is 36.7 Å². The predicted octanol–water partition coefficient (Wildman–Crippen LogP) is 0.465. The van der Waals surface area contributed by atoms with E-state index >= 15 is 0 Å². The molecule has 2 rings (SSSR count). The fraction of sp³-hybridized carbons (Fsp3) is 0.462. The van der Waals surface area contributed by atoms with Crippen LogP contribution in [-0.4, -0.2) is 52.1 Å². The van der Waals surface area contributed by atoms with E-state index in [9.17, 15) is 13.2 Å². The van der Waals surface area contributed by atoms with E-state index in [1.54, 1.807) is 0 Å². The number of nitrogens with two attached hydrogens (primary N) is 1. The Morgan fingerprint density at radius 1 is 1.48 bits per heavy atom. The van der Waals surface area contributed by atoms with Crippen LogP contribution in [0.5, 0.6) is 0 Å². The first-order chi connectivity index (χ1) is 9.87. The molecule has 1 atom stereocenters. The van der Waals surface area contributed by atoms with E-state index in [4.69, 9.17) is 10.5 Å². The number of nitrogen functional groups attached to an aromatic ring is 1. The second-order valence-electron chi connectivity index (χ2n) is 4.79. The summed E-state index contributed by atoms with van der Waals surface area (Å²) in [6.07, 6.45) is 0.617. The molecule has 0 amide bonds. The first kappa shape index (κ1) is 15.7. The van der Waals surface area contributed by atoms with Crippen LogP contribution in [0.4, 0.5) is 5.69 Å². The third-order valence-electron chi connectivity index (χ3n) is 3.49. The normalized spacial score (nSPS) is 18.9. The molecule has 1 unspecified atom stereocenters. The molecule has 0 radical (unpaired) electrons. The maximum Gasteiger partial charge on any atom is 0.339 e. The number of carbonyl (C=O) groups excluding carboxylic acids is 1. The summed E-state index contributed by atoms with van der Waals surface area (Å²) in [5.41, 5.74) is 5.89. The van der Waals surface area contributed by atoms with Crippen molar-refractivity contribution in [3.05, 3.63) is 23.8 Å². The summed E-state index contributed by atoms with van der Waals surface area (Å²) in [5.74, 6) is -0.718. The zero-order valence-electron chi connectivity index (χ0n) is 11.9. The summed E-state index contributed by atoms with van der Waals surface area (Å²) in [4.78, 5) is 11.6. The highest BCUT2D eigenvalue weighted by atomic mass is 32.2. The molecule has 0 aromatic heterocycles. The number of benzene rings is 1. The topological polar surface area (TPSA) is 98.9 Å². The van der Waals surface area contributed by atoms with Gasteiger partial charge in [0, 0.05) is 19.3 Å². The van der Waals surface area contributed by atoms with Gasteiger partial charge in [0.05, 0.1) is 30.2 Å². The van der Waals surface area contributed by atoms with Gasteiger partial charge in [0.25, 0.3) is 0 Å². The number of carbonyl (C=O) groups is 1. The van der Waals surface area contributed by atoms with Crippen molar-refractivity contribution < 1.29 is 22.7 Å². The first-order valence-electron chi connectivity index (χ1n) is 6.41. The van der Waals surface area contributed by atoms with Crippen molar-refractivity contribution in [1.29, 1.82) is 0 Å². The van der Waals surface area contributed by atoms with Crippen molar-refractivity contribution in [2.75, 3.05) is 33.1 Å². The molecule has 116 valence electrons. The molecule has 0 bridgehead atoms. The largest absolute Gasteiger partial charge is 0.465 e. The Kier molecular flexibility index (Phi) is 4.50. The molecule has 1 aromatic rings. The van der Waals surface area contributed by atoms with E-state index in [0.717, 1.165) is 0 Å². The summed E-state index contributed by atoms with van der Waals surface area (Å²) in [7, 11) is -1.19. The zero-order chi connectivity index (χ0) is 15.6. The first-order valence-corrected chi connectivity index (χ1v) is 7.85. The lowest BCUT2D eigenvalue weighted by molar-refractivity contribution is 0.0596. The van der Waals surface area contributed by atoms with Crippen LogP contribution in [0.25, 0.3) is 0 Å². The molecule has 0 saturated carbocycles. The number of ether oxygens (including phenoxy) is 2. The number of methoxy groups -OCH3 is 1. The standard InChI is InChI=1S/C13H18N2O5S/c1-15(10-5-6-20-8-10)21(17,18)12-7-9(14)3-4-11(12)13(16)19-2/h3-4,7,10H,5-6,8,14H2,1-2H3. The monoisotopic (exact) mass is 314 g/mol. The third-order valence-corrected chi connectivity index (χ3v) is 5.44. The number of hydrogen-bond donors (Lipinski definition) is 1. The lowest BCUT2D eigenvalue weighted by Crippen LogP contribution is -2.38. The number of likely N-dealkylation sites (N-methyl/N-ethyl adjacent to an activating group) is 1. The summed E-state index contributed by atoms with van der Waals surface area (Å²) < 4.78 is 36.5. The van der Waals surface area contributed by atoms with Crippen molar-refractivity contribution in [2.45, 2.75) is 17.4 Å². The average molecular weight is 314 g/mol. The van der Waals surface area contributed by atoms with Crippen LogP contribution < -0.4 is 5.73 Å². The van der Waals surface area contributed by atoms with Crippen LogP contribution >= 0.6 is 0 Å². The highest BCUT2D eigenvalue weighted by Gasteiger charge is 2.33. The minimum atomic E-state index is -3.86. The molecule has 0 spiro atoms. The molecular formula is C13H18N2O5S. The van der Waals surface area contributed by atoms with Gasteiger partial charge in [0.1, 0.15) is 0 Å². The third kappa shape index (κ3) is 3.02. The Balaban J connectivity index is 2.47. The number of esters is 1. The maximum atomic E-state index is 12.7. The lowest BCUT2D eigenvalue weighted by atomic mass is 10.2. The highest BCUT2D eigenvalue weighted by molar-refractivity contribution is 7.89. The fourth-order valence-corrected chi connectivity index (χ4v) is 3.77. The second kappa shape index (κ2) is 6.00. The summed E-state index contributed by atoms with van der Waals surface area (Å²) in [6, 6.07) is 3.84. The van der Waals surface area contributed by atoms with Crippen LogP contribution in [-0.2, 0) is 19.5 Å². The van der Waals surface area contributed by atoms with Crippen LogP contribution in [0.3, 0.4) is 0 Å². The summed E-state index contributed by atoms with van der Waals surface area (Å²) in [6.45, 7) is 0.858. The van der Waals surface area contributed by atoms with E-state index < -0.39 is 16.0 Å². The quantitative estimate of drug-likeness (QED) is 0.640. The SMILES string of the molecule is COC(=O)c1ccc(N)cc1S(=O)(=O)N(C)C1CCOC1. The number of anilines is 1. The van der Waals surface area contributed by atoms with Gasteiger partial charge >= 0.3 is 5.97 Å². The van der Waals surface area contributed by atoms with Gasteiger partial charge in [-0.1, -0.05) is 0 Å². The number of sulfonamides is 1. The van der Waals surface area contributed by atoms with Gasteiger partial charge in [0.2, 0.25) is 10.0 Å². The molecule has 1 aromatic carbocycles. The van der Waals surface area contributed by atoms with Crippen LogP contribution in [0, 0.1) is 0 Å². The summed E-state index contributed by atoms with van der Waals surface area (Å²) >= 11 is 0. The van der Waals surface area contributed by atoms with Gasteiger partial charge < -0.3 is 15.2 Å². The van der Waals surface area contributed by atoms with Gasteiger partial charge in [-0.25, -0.2) is 13.2 Å². The van der Waals surface area contributed by atoms with E-state index in [2.05, 4.69) is 4.74 Å². The van der Waals surface area contributed by atoms with Crippen molar-refractivity contribution >= 4 is 21.7 Å². The summed E-state index contributed by atoms with van der Waals surface area (Å²) in [5, 5.41) is 0. The van der Waals surface area contributed by atoms with Crippen molar-refractivity contribution in [3.8, 4) is 0 Å². The minimum absolute atomic E-state index is 0.0301. The molecule has 8 heteroatoms. The van der Waals surface area contributed by atoms with Gasteiger partial charge in [-0.2, -0.15) is 4.31 Å². The molecule has 1 fully saturated rings. The predicted molar refractivity (Wildman–Crippen MR) is 76.4 cm³/mol. The van der Waals surface area contributed by atoms with Crippen molar-refractivity contribution in [1.82, 2.24) is 4.31 Å². The molecule has 21 heavy (non-hydrogen) atoms. The zero-order valence-corrected chi connectivity index (χ0v) is 12.7. The van der Waals surface area contributed by atoms with Crippen LogP contribution in [0.15, 0.2) is 23.1 Å². The number of rotatable bonds is 4. The molecule has 0 aliphatic carbocycles. The molecule has 2 N–H and O–H groups in total. The number of nitrogens with zero attached hydrogens (tertiary/aromatic N) is 1. The van der Waals surface area contributed by atoms with E-state index in [0.29, 0.717) is 19.6 Å². The van der Waals surface area contributed by atoms with E-state index in [1.807, 2.05) is 0 Å². The molecule has 1 aliphatic rings. The minimum Gasteiger partial charge on any atom is -0.465 e. The Labute approximate surface area is 123 Å². The highest BCUT2D eigenvalue weighted by Crippen LogP contribution is 2.26. The molecule has 1 heterocycles. The van der Waals surface area contributed by atoms with Crippen molar-refractivity contribution in [2.24, 2.45) is 0 Å². The van der Waals surface area contributed by atoms with Gasteiger partial charge in [-0.15, -0.1) is 0 Å². The van der Waals surface area contributed by atoms with Crippen LogP contribution in [0.1, 0.15) is 16.8 Å². The van der Waals surface area contributed by atoms with Gasteiger partial charge in [0.15, 0.2) is 0 Å². The molecule has 1 saturated heterocycles. The number of hydrogen-bond acceptors (Lipinski definition) is 6. The smallest absolute Gasteiger partial charge is 0.339 e. The van der Waals surface area contributed by atoms with E-state index in [-0.39, 0.29) is 22.2 Å². The van der Waals surface area contributed by atoms with Gasteiger partial charge in [-0.05, 0) is 24.6 Å². The maximum absolute atomic E-state index is 12.7. The Hall–Kier alpha value is -1.64. The Morgan fingerprint density at radius 2 is 2.19 bits per heavy atom. The molecular weight excluding hydrogens is 296 g/mol. The Bertz CT molecular complexity index is 638. The molecule has 7 nitrogen and oxygen atoms in total. The van der Waals surface area contributed by atoms with Crippen molar-refractivity contribution in [3.63, 3.8) is 0 Å². The van der Waals surface area contributed by atoms with Gasteiger partial charge in [-0.3, -0.25) is 0 Å².